The van der Waals surface area contributed by atoms with E-state index in [1.807, 2.05) is 6.92 Å². The van der Waals surface area contributed by atoms with Crippen LogP contribution in [0.25, 0.3) is 0 Å². The average Bonchev–Trinajstić information content (AvgIpc) is 2.51. The lowest BCUT2D eigenvalue weighted by Gasteiger charge is -2.13. The first-order chi connectivity index (χ1) is 10.5. The van der Waals surface area contributed by atoms with Gasteiger partial charge in [0.05, 0.1) is 18.1 Å². The van der Waals surface area contributed by atoms with Crippen molar-refractivity contribution in [1.29, 1.82) is 0 Å². The first-order valence-electron chi connectivity index (χ1n) is 6.82. The van der Waals surface area contributed by atoms with Crippen LogP contribution in [0.2, 0.25) is 5.02 Å². The van der Waals surface area contributed by atoms with Crippen LogP contribution in [0.3, 0.4) is 0 Å². The minimum absolute atomic E-state index is 0.0319. The summed E-state index contributed by atoms with van der Waals surface area (Å²) >= 11 is 5.72. The highest BCUT2D eigenvalue weighted by Crippen LogP contribution is 2.18. The summed E-state index contributed by atoms with van der Waals surface area (Å²) < 4.78 is 13.0. The molecule has 3 N–H and O–H groups in total. The molecule has 1 aromatic carbocycles. The van der Waals surface area contributed by atoms with Crippen LogP contribution in [0.15, 0.2) is 18.2 Å². The number of aldehydes is 1. The molecule has 0 spiro atoms. The summed E-state index contributed by atoms with van der Waals surface area (Å²) in [6.07, 6.45) is 1.38. The Balaban J connectivity index is 0.00000211. The highest BCUT2D eigenvalue weighted by molar-refractivity contribution is 6.30. The molecule has 1 amide bonds. The van der Waals surface area contributed by atoms with Gasteiger partial charge in [0.2, 0.25) is 5.91 Å². The zero-order valence-electron chi connectivity index (χ0n) is 12.7. The zero-order valence-corrected chi connectivity index (χ0v) is 13.5. The van der Waals surface area contributed by atoms with Gasteiger partial charge in [0.1, 0.15) is 12.1 Å². The molecule has 0 bridgehead atoms. The van der Waals surface area contributed by atoms with Gasteiger partial charge in [-0.05, 0) is 36.6 Å². The molecular formula is C15H22ClFN2O3. The van der Waals surface area contributed by atoms with Gasteiger partial charge < -0.3 is 20.5 Å². The van der Waals surface area contributed by atoms with Gasteiger partial charge in [0, 0.05) is 7.11 Å². The lowest BCUT2D eigenvalue weighted by molar-refractivity contribution is -0.121. The van der Waals surface area contributed by atoms with Crippen molar-refractivity contribution < 1.29 is 19.1 Å². The second-order valence-corrected chi connectivity index (χ2v) is 5.07. The number of hydrogen-bond donors (Lipinski definition) is 3. The molecule has 1 aromatic rings. The number of rotatable bonds is 8. The minimum atomic E-state index is -0.423. The van der Waals surface area contributed by atoms with E-state index in [4.69, 9.17) is 16.7 Å². The molecule has 0 fully saturated rings. The number of nitrogens with one attached hydrogen (secondary N) is 2. The Labute approximate surface area is 134 Å². The molecule has 1 unspecified atom stereocenters. The molecule has 124 valence electrons. The SMILES string of the molecule is CC(CNCC(=O)NCC=O)Cc1ccc(F)c(Cl)c1.CO. The molecule has 0 aliphatic rings. The number of benzene rings is 1. The molecule has 0 saturated carbocycles. The van der Waals surface area contributed by atoms with Crippen molar-refractivity contribution in [2.75, 3.05) is 26.7 Å². The Morgan fingerprint density at radius 2 is 2.14 bits per heavy atom. The van der Waals surface area contributed by atoms with E-state index >= 15 is 0 Å². The van der Waals surface area contributed by atoms with E-state index in [1.165, 1.54) is 6.07 Å². The fourth-order valence-corrected chi connectivity index (χ4v) is 1.99. The molecule has 1 rings (SSSR count). The van der Waals surface area contributed by atoms with Crippen LogP contribution in [0.1, 0.15) is 12.5 Å². The molecule has 1 atom stereocenters. The Bertz CT molecular complexity index is 472. The average molecular weight is 333 g/mol. The number of aliphatic hydroxyl groups excluding tert-OH is 1. The Hall–Kier alpha value is -1.50. The Morgan fingerprint density at radius 3 is 2.73 bits per heavy atom. The molecule has 0 heterocycles. The smallest absolute Gasteiger partial charge is 0.234 e. The Morgan fingerprint density at radius 1 is 1.45 bits per heavy atom. The van der Waals surface area contributed by atoms with E-state index in [-0.39, 0.29) is 29.9 Å². The number of carbonyl (C=O) groups is 2. The van der Waals surface area contributed by atoms with E-state index in [9.17, 15) is 14.0 Å². The van der Waals surface area contributed by atoms with Crippen LogP contribution in [0, 0.1) is 11.7 Å². The summed E-state index contributed by atoms with van der Waals surface area (Å²) in [6, 6.07) is 4.67. The predicted octanol–water partition coefficient (Wildman–Crippen LogP) is 1.17. The van der Waals surface area contributed by atoms with E-state index < -0.39 is 5.82 Å². The van der Waals surface area contributed by atoms with Crippen molar-refractivity contribution in [3.63, 3.8) is 0 Å². The third-order valence-corrected chi connectivity index (χ3v) is 3.02. The number of hydrogen-bond acceptors (Lipinski definition) is 4. The standard InChI is InChI=1S/C14H18ClFN2O2.CH4O/c1-10(8-17-9-14(20)18-4-5-19)6-11-2-3-13(16)12(15)7-11;1-2/h2-3,5,7,10,17H,4,6,8-9H2,1H3,(H,18,20);2H,1H3. The van der Waals surface area contributed by atoms with Crippen molar-refractivity contribution in [2.24, 2.45) is 5.92 Å². The maximum atomic E-state index is 13.0. The first-order valence-corrected chi connectivity index (χ1v) is 7.20. The molecule has 22 heavy (non-hydrogen) atoms. The zero-order chi connectivity index (χ0) is 17.0. The van der Waals surface area contributed by atoms with Gasteiger partial charge >= 0.3 is 0 Å². The molecule has 7 heteroatoms. The lowest BCUT2D eigenvalue weighted by atomic mass is 10.0. The van der Waals surface area contributed by atoms with Crippen LogP contribution in [-0.4, -0.2) is 44.0 Å². The molecule has 5 nitrogen and oxygen atoms in total. The van der Waals surface area contributed by atoms with Crippen molar-refractivity contribution >= 4 is 23.8 Å². The van der Waals surface area contributed by atoms with Gasteiger partial charge in [0.15, 0.2) is 0 Å². The summed E-state index contributed by atoms with van der Waals surface area (Å²) in [6.45, 7) is 2.86. The van der Waals surface area contributed by atoms with Crippen molar-refractivity contribution in [3.05, 3.63) is 34.6 Å². The van der Waals surface area contributed by atoms with Gasteiger partial charge in [-0.1, -0.05) is 24.6 Å². The lowest BCUT2D eigenvalue weighted by Crippen LogP contribution is -2.36. The molecule has 0 aliphatic heterocycles. The fourth-order valence-electron chi connectivity index (χ4n) is 1.79. The summed E-state index contributed by atoms with van der Waals surface area (Å²) in [5, 5.41) is 12.6. The van der Waals surface area contributed by atoms with E-state index in [2.05, 4.69) is 10.6 Å². The van der Waals surface area contributed by atoms with Crippen molar-refractivity contribution in [3.8, 4) is 0 Å². The fraction of sp³-hybridized carbons (Fsp3) is 0.467. The van der Waals surface area contributed by atoms with Crippen LogP contribution in [0.4, 0.5) is 4.39 Å². The van der Waals surface area contributed by atoms with Crippen LogP contribution in [0.5, 0.6) is 0 Å². The molecule has 0 aliphatic carbocycles. The van der Waals surface area contributed by atoms with Crippen LogP contribution in [-0.2, 0) is 16.0 Å². The van der Waals surface area contributed by atoms with Gasteiger partial charge in [-0.2, -0.15) is 0 Å². The van der Waals surface area contributed by atoms with Gasteiger partial charge in [0.25, 0.3) is 0 Å². The van der Waals surface area contributed by atoms with E-state index in [1.54, 1.807) is 12.1 Å². The van der Waals surface area contributed by atoms with Crippen LogP contribution >= 0.6 is 11.6 Å². The third-order valence-electron chi connectivity index (χ3n) is 2.73. The van der Waals surface area contributed by atoms with Gasteiger partial charge in [-0.25, -0.2) is 4.39 Å². The van der Waals surface area contributed by atoms with Gasteiger partial charge in [-0.3, -0.25) is 4.79 Å². The quantitative estimate of drug-likeness (QED) is 0.624. The minimum Gasteiger partial charge on any atom is -0.400 e. The normalized spacial score (nSPS) is 11.1. The summed E-state index contributed by atoms with van der Waals surface area (Å²) in [5.74, 6) is -0.363. The number of aliphatic hydroxyl groups is 1. The summed E-state index contributed by atoms with van der Waals surface area (Å²) in [4.78, 5) is 21.3. The highest BCUT2D eigenvalue weighted by atomic mass is 35.5. The Kier molecular flexibility index (Phi) is 11.3. The third kappa shape index (κ3) is 8.71. The molecule has 0 saturated heterocycles. The molecule has 0 aromatic heterocycles. The molecular weight excluding hydrogens is 311 g/mol. The number of carbonyl (C=O) groups excluding carboxylic acids is 2. The van der Waals surface area contributed by atoms with Crippen LogP contribution < -0.4 is 10.6 Å². The number of amides is 1. The van der Waals surface area contributed by atoms with E-state index in [0.717, 1.165) is 19.1 Å². The second kappa shape index (κ2) is 12.1. The van der Waals surface area contributed by atoms with Gasteiger partial charge in [-0.15, -0.1) is 0 Å². The monoisotopic (exact) mass is 332 g/mol. The van der Waals surface area contributed by atoms with Crippen molar-refractivity contribution in [2.45, 2.75) is 13.3 Å². The first kappa shape index (κ1) is 20.5. The predicted molar refractivity (Wildman–Crippen MR) is 84.4 cm³/mol. The second-order valence-electron chi connectivity index (χ2n) is 4.66. The highest BCUT2D eigenvalue weighted by Gasteiger charge is 2.07. The largest absolute Gasteiger partial charge is 0.400 e. The maximum Gasteiger partial charge on any atom is 0.234 e. The topological polar surface area (TPSA) is 78.4 Å². The number of halogens is 2. The van der Waals surface area contributed by atoms with Crippen molar-refractivity contribution in [1.82, 2.24) is 10.6 Å². The maximum absolute atomic E-state index is 13.0. The molecule has 0 radical (unpaired) electrons. The summed E-state index contributed by atoms with van der Waals surface area (Å²) in [7, 11) is 1.00. The summed E-state index contributed by atoms with van der Waals surface area (Å²) in [5.41, 5.74) is 0.955. The van der Waals surface area contributed by atoms with E-state index in [0.29, 0.717) is 12.8 Å².